The van der Waals surface area contributed by atoms with E-state index < -0.39 is 0 Å². The van der Waals surface area contributed by atoms with Gasteiger partial charge in [-0.25, -0.2) is 4.98 Å². The van der Waals surface area contributed by atoms with Gasteiger partial charge in [-0.1, -0.05) is 24.3 Å². The molecule has 0 atom stereocenters. The molecule has 0 fully saturated rings. The average molecular weight is 249 g/mol. The van der Waals surface area contributed by atoms with E-state index >= 15 is 0 Å². The maximum absolute atomic E-state index is 4.36. The summed E-state index contributed by atoms with van der Waals surface area (Å²) in [6, 6.07) is 16.1. The predicted octanol–water partition coefficient (Wildman–Crippen LogP) is 3.41. The maximum atomic E-state index is 4.36. The maximum Gasteiger partial charge on any atom is 0.132 e. The fraction of sp³-hybridized carbons (Fsp3) is 0.0625. The van der Waals surface area contributed by atoms with Crippen molar-refractivity contribution >= 4 is 11.5 Å². The number of nitrogens with zero attached hydrogens (tertiary/aromatic N) is 2. The van der Waals surface area contributed by atoms with Crippen molar-refractivity contribution in [3.8, 4) is 0 Å². The predicted molar refractivity (Wildman–Crippen MR) is 78.9 cm³/mol. The van der Waals surface area contributed by atoms with Crippen molar-refractivity contribution in [2.24, 2.45) is 0 Å². The number of hydrogen-bond acceptors (Lipinski definition) is 3. The highest BCUT2D eigenvalue weighted by atomic mass is 15.2. The standard InChI is InChI=1S/C16H15N3/c1-2-7-14(8-3-1)18-15-9-6-12-19(13-15)16-10-4-5-11-17-16/h1-12,18H,13H2. The first-order chi connectivity index (χ1) is 9.42. The highest BCUT2D eigenvalue weighted by Gasteiger charge is 2.10. The number of rotatable bonds is 3. The first-order valence-electron chi connectivity index (χ1n) is 6.29. The minimum absolute atomic E-state index is 0.794. The van der Waals surface area contributed by atoms with Crippen LogP contribution in [0, 0.1) is 0 Å². The zero-order valence-corrected chi connectivity index (χ0v) is 10.5. The molecule has 1 aliphatic rings. The van der Waals surface area contributed by atoms with E-state index in [2.05, 4.69) is 33.4 Å². The summed E-state index contributed by atoms with van der Waals surface area (Å²) < 4.78 is 0. The number of benzene rings is 1. The van der Waals surface area contributed by atoms with E-state index in [1.807, 2.05) is 54.9 Å². The van der Waals surface area contributed by atoms with Gasteiger partial charge in [-0.05, 0) is 36.4 Å². The van der Waals surface area contributed by atoms with Gasteiger partial charge in [0.2, 0.25) is 0 Å². The molecule has 0 bridgehead atoms. The van der Waals surface area contributed by atoms with Crippen LogP contribution in [-0.2, 0) is 0 Å². The molecule has 0 unspecified atom stereocenters. The van der Waals surface area contributed by atoms with E-state index in [1.54, 1.807) is 0 Å². The number of nitrogens with one attached hydrogen (secondary N) is 1. The van der Waals surface area contributed by atoms with Crippen molar-refractivity contribution in [2.45, 2.75) is 0 Å². The number of aromatic nitrogens is 1. The Morgan fingerprint density at radius 1 is 1.00 bits per heavy atom. The van der Waals surface area contributed by atoms with Crippen LogP contribution in [0.15, 0.2) is 78.8 Å². The fourth-order valence-corrected chi connectivity index (χ4v) is 2.02. The Hall–Kier alpha value is -2.55. The highest BCUT2D eigenvalue weighted by Crippen LogP contribution is 2.17. The van der Waals surface area contributed by atoms with Gasteiger partial charge in [-0.15, -0.1) is 0 Å². The molecule has 1 aromatic heterocycles. The molecule has 3 rings (SSSR count). The Bertz CT molecular complexity index is 588. The summed E-state index contributed by atoms with van der Waals surface area (Å²) in [5, 5.41) is 3.42. The van der Waals surface area contributed by atoms with E-state index in [9.17, 15) is 0 Å². The molecule has 1 aromatic carbocycles. The lowest BCUT2D eigenvalue weighted by Crippen LogP contribution is -2.25. The second-order valence-corrected chi connectivity index (χ2v) is 4.34. The minimum atomic E-state index is 0.794. The molecule has 2 heterocycles. The Morgan fingerprint density at radius 2 is 1.84 bits per heavy atom. The molecule has 0 saturated heterocycles. The van der Waals surface area contributed by atoms with Crippen LogP contribution in [0.2, 0.25) is 0 Å². The van der Waals surface area contributed by atoms with E-state index in [0.717, 1.165) is 23.7 Å². The van der Waals surface area contributed by atoms with E-state index in [-0.39, 0.29) is 0 Å². The molecule has 2 aromatic rings. The summed E-state index contributed by atoms with van der Waals surface area (Å²) in [6.07, 6.45) is 7.97. The lowest BCUT2D eigenvalue weighted by molar-refractivity contribution is 0.983. The molecule has 0 spiro atoms. The van der Waals surface area contributed by atoms with E-state index in [1.165, 1.54) is 0 Å². The van der Waals surface area contributed by atoms with Crippen molar-refractivity contribution in [3.05, 3.63) is 78.8 Å². The molecule has 3 heteroatoms. The van der Waals surface area contributed by atoms with Gasteiger partial charge in [-0.2, -0.15) is 0 Å². The topological polar surface area (TPSA) is 28.2 Å². The summed E-state index contributed by atoms with van der Waals surface area (Å²) in [4.78, 5) is 6.48. The minimum Gasteiger partial charge on any atom is -0.357 e. The molecular weight excluding hydrogens is 234 g/mol. The second-order valence-electron chi connectivity index (χ2n) is 4.34. The Labute approximate surface area is 112 Å². The molecular formula is C16H15N3. The summed E-state index contributed by atoms with van der Waals surface area (Å²) >= 11 is 0. The number of para-hydroxylation sites is 1. The van der Waals surface area contributed by atoms with E-state index in [4.69, 9.17) is 0 Å². The lowest BCUT2D eigenvalue weighted by atomic mass is 10.2. The van der Waals surface area contributed by atoms with Gasteiger partial charge in [-0.3, -0.25) is 0 Å². The number of hydrogen-bond donors (Lipinski definition) is 1. The number of anilines is 2. The Balaban J connectivity index is 1.72. The first kappa shape index (κ1) is 11.5. The van der Waals surface area contributed by atoms with Crippen molar-refractivity contribution in [1.29, 1.82) is 0 Å². The van der Waals surface area contributed by atoms with Crippen LogP contribution in [0.1, 0.15) is 0 Å². The average Bonchev–Trinajstić information content (AvgIpc) is 2.49. The lowest BCUT2D eigenvalue weighted by Gasteiger charge is -2.24. The summed E-state index contributed by atoms with van der Waals surface area (Å²) in [6.45, 7) is 0.794. The molecule has 1 N–H and O–H groups in total. The molecule has 19 heavy (non-hydrogen) atoms. The summed E-state index contributed by atoms with van der Waals surface area (Å²) in [5.74, 6) is 0.958. The third-order valence-electron chi connectivity index (χ3n) is 2.93. The number of allylic oxidation sites excluding steroid dienone is 2. The van der Waals surface area contributed by atoms with Crippen molar-refractivity contribution in [1.82, 2.24) is 4.98 Å². The molecule has 3 nitrogen and oxygen atoms in total. The zero-order valence-electron chi connectivity index (χ0n) is 10.5. The van der Waals surface area contributed by atoms with Crippen LogP contribution in [0.4, 0.5) is 11.5 Å². The third-order valence-corrected chi connectivity index (χ3v) is 2.93. The summed E-state index contributed by atoms with van der Waals surface area (Å²) in [5.41, 5.74) is 2.25. The molecule has 0 saturated carbocycles. The zero-order chi connectivity index (χ0) is 12.9. The fourth-order valence-electron chi connectivity index (χ4n) is 2.02. The van der Waals surface area contributed by atoms with Gasteiger partial charge in [0.25, 0.3) is 0 Å². The molecule has 94 valence electrons. The van der Waals surface area contributed by atoms with Gasteiger partial charge in [0.05, 0.1) is 6.54 Å². The van der Waals surface area contributed by atoms with Gasteiger partial charge >= 0.3 is 0 Å². The molecule has 1 aliphatic heterocycles. The van der Waals surface area contributed by atoms with Gasteiger partial charge < -0.3 is 10.2 Å². The van der Waals surface area contributed by atoms with Crippen molar-refractivity contribution in [3.63, 3.8) is 0 Å². The third kappa shape index (κ3) is 2.83. The van der Waals surface area contributed by atoms with Gasteiger partial charge in [0.1, 0.15) is 5.82 Å². The first-order valence-corrected chi connectivity index (χ1v) is 6.29. The van der Waals surface area contributed by atoms with Gasteiger partial charge in [0, 0.05) is 23.8 Å². The van der Waals surface area contributed by atoms with E-state index in [0.29, 0.717) is 0 Å². The van der Waals surface area contributed by atoms with Crippen LogP contribution in [0.3, 0.4) is 0 Å². The van der Waals surface area contributed by atoms with Crippen LogP contribution in [0.25, 0.3) is 0 Å². The monoisotopic (exact) mass is 249 g/mol. The van der Waals surface area contributed by atoms with Crippen LogP contribution in [0.5, 0.6) is 0 Å². The van der Waals surface area contributed by atoms with Crippen molar-refractivity contribution in [2.75, 3.05) is 16.8 Å². The van der Waals surface area contributed by atoms with Gasteiger partial charge in [0.15, 0.2) is 0 Å². The second kappa shape index (κ2) is 5.40. The quantitative estimate of drug-likeness (QED) is 0.903. The molecule has 0 radical (unpaired) electrons. The largest absolute Gasteiger partial charge is 0.357 e. The Kier molecular flexibility index (Phi) is 3.28. The summed E-state index contributed by atoms with van der Waals surface area (Å²) in [7, 11) is 0. The Morgan fingerprint density at radius 3 is 2.63 bits per heavy atom. The van der Waals surface area contributed by atoms with Crippen LogP contribution < -0.4 is 10.2 Å². The van der Waals surface area contributed by atoms with Crippen LogP contribution in [-0.4, -0.2) is 11.5 Å². The molecule has 0 aliphatic carbocycles. The smallest absolute Gasteiger partial charge is 0.132 e. The normalized spacial score (nSPS) is 14.1. The molecule has 0 amide bonds. The van der Waals surface area contributed by atoms with Crippen molar-refractivity contribution < 1.29 is 0 Å². The SMILES string of the molecule is C1=CN(c2ccccn2)CC(Nc2ccccc2)=C1. The number of pyridine rings is 1. The highest BCUT2D eigenvalue weighted by molar-refractivity contribution is 5.53. The van der Waals surface area contributed by atoms with Crippen LogP contribution >= 0.6 is 0 Å².